The lowest BCUT2D eigenvalue weighted by Crippen LogP contribution is -1.99. The minimum absolute atomic E-state index is 0. The van der Waals surface area contributed by atoms with Crippen LogP contribution in [0.2, 0.25) is 0 Å². The molecule has 0 aromatic rings. The molecule has 0 heterocycles. The van der Waals surface area contributed by atoms with E-state index >= 15 is 0 Å². The third kappa shape index (κ3) is 16.7. The minimum atomic E-state index is -4.65. The zero-order valence-electron chi connectivity index (χ0n) is 3.74. The molecule has 0 aliphatic carbocycles. The lowest BCUT2D eigenvalue weighted by atomic mass is 10.8. The fraction of sp³-hybridized carbons (Fsp3) is 0.500. The van der Waals surface area contributed by atoms with Gasteiger partial charge in [-0.05, 0) is 0 Å². The van der Waals surface area contributed by atoms with Crippen LogP contribution in [0.15, 0.2) is 0 Å². The second-order valence-corrected chi connectivity index (χ2v) is 0.610. The maximum atomic E-state index is 10.4. The highest BCUT2D eigenvalue weighted by Crippen LogP contribution is 2.10. The second-order valence-electron chi connectivity index (χ2n) is 0.610. The fourth-order valence-corrected chi connectivity index (χ4v) is 0. The van der Waals surface area contributed by atoms with Crippen LogP contribution in [0.5, 0.6) is 0 Å². The lowest BCUT2D eigenvalue weighted by Gasteiger charge is -1.84. The van der Waals surface area contributed by atoms with Crippen LogP contribution < -0.4 is 0 Å². The molecule has 0 rings (SSSR count). The van der Waals surface area contributed by atoms with E-state index in [4.69, 9.17) is 5.26 Å². The molecule has 6 heteroatoms. The Balaban J connectivity index is -0.000000125. The standard InChI is InChI=1S/C2F3N.2H2S/c3-2(4,5)1-6;;/h;2*1H2/p+2. The molecule has 0 amide bonds. The van der Waals surface area contributed by atoms with Crippen LogP contribution >= 0.6 is 0 Å². The monoisotopic (exact) mass is 165 g/mol. The molecular formula is C2H6F3NS2+2. The zero-order valence-corrected chi connectivity index (χ0v) is 6.05. The molecule has 0 saturated heterocycles. The lowest BCUT2D eigenvalue weighted by molar-refractivity contribution is -0.0717. The van der Waals surface area contributed by atoms with Crippen molar-refractivity contribution in [2.75, 3.05) is 0 Å². The van der Waals surface area contributed by atoms with Crippen LogP contribution in [0.4, 0.5) is 13.2 Å². The molecule has 0 aromatic carbocycles. The van der Waals surface area contributed by atoms with Gasteiger partial charge in [0.2, 0.25) is 0 Å². The van der Waals surface area contributed by atoms with Gasteiger partial charge in [-0.1, -0.05) is 27.0 Å². The Labute approximate surface area is 58.4 Å². The van der Waals surface area contributed by atoms with Crippen LogP contribution in [-0.2, 0) is 27.0 Å². The van der Waals surface area contributed by atoms with E-state index in [9.17, 15) is 13.2 Å². The smallest absolute Gasteiger partial charge is 0.188 e. The second kappa shape index (κ2) is 5.12. The molecule has 0 atom stereocenters. The predicted octanol–water partition coefficient (Wildman–Crippen LogP) is -0.539. The number of halogens is 3. The van der Waals surface area contributed by atoms with Gasteiger partial charge in [0.05, 0.1) is 0 Å². The molecule has 0 N–H and O–H groups in total. The van der Waals surface area contributed by atoms with E-state index in [1.54, 1.807) is 0 Å². The van der Waals surface area contributed by atoms with Crippen LogP contribution in [0, 0.1) is 11.3 Å². The highest BCUT2D eigenvalue weighted by Gasteiger charge is 2.25. The summed E-state index contributed by atoms with van der Waals surface area (Å²) < 4.78 is 31.3. The summed E-state index contributed by atoms with van der Waals surface area (Å²) in [6.45, 7) is 0. The van der Waals surface area contributed by atoms with Crippen LogP contribution in [0.25, 0.3) is 0 Å². The summed E-state index contributed by atoms with van der Waals surface area (Å²) in [6.07, 6.45) is -4.65. The first kappa shape index (κ1) is 15.7. The van der Waals surface area contributed by atoms with Crippen LogP contribution in [-0.4, -0.2) is 6.18 Å². The van der Waals surface area contributed by atoms with Crippen LogP contribution in [0.3, 0.4) is 0 Å². The van der Waals surface area contributed by atoms with Gasteiger partial charge >= 0.3 is 6.18 Å². The van der Waals surface area contributed by atoms with Gasteiger partial charge in [0.1, 0.15) is 0 Å². The maximum absolute atomic E-state index is 10.4. The maximum Gasteiger partial charge on any atom is 0.483 e. The van der Waals surface area contributed by atoms with Gasteiger partial charge in [0.15, 0.2) is 6.07 Å². The average molecular weight is 165 g/mol. The molecular weight excluding hydrogens is 159 g/mol. The molecule has 0 aliphatic rings. The molecule has 0 saturated carbocycles. The number of hydrogen-bond donors (Lipinski definition) is 0. The quantitative estimate of drug-likeness (QED) is 0.442. The SMILES string of the molecule is N#CC(F)(F)F.[SH3+].[SH3+]. The fourth-order valence-electron chi connectivity index (χ4n) is 0. The summed E-state index contributed by atoms with van der Waals surface area (Å²) in [4.78, 5) is 0. The number of hydrogen-bond acceptors (Lipinski definition) is 1. The molecule has 0 fully saturated rings. The number of rotatable bonds is 0. The summed E-state index contributed by atoms with van der Waals surface area (Å²) in [6, 6.07) is 0.104. The molecule has 1 nitrogen and oxygen atoms in total. The van der Waals surface area contributed by atoms with Crippen molar-refractivity contribution in [2.45, 2.75) is 6.18 Å². The van der Waals surface area contributed by atoms with Gasteiger partial charge in [-0.25, -0.2) is 0 Å². The topological polar surface area (TPSA) is 23.8 Å². The first-order valence-corrected chi connectivity index (χ1v) is 1.04. The molecule has 0 unspecified atom stereocenters. The van der Waals surface area contributed by atoms with E-state index < -0.39 is 6.18 Å². The highest BCUT2D eigenvalue weighted by atomic mass is 32.1. The molecule has 8 heavy (non-hydrogen) atoms. The molecule has 0 bridgehead atoms. The van der Waals surface area contributed by atoms with Crippen LogP contribution in [0.1, 0.15) is 0 Å². The van der Waals surface area contributed by atoms with Gasteiger partial charge in [-0.3, -0.25) is 0 Å². The Bertz CT molecular complexity index is 82.3. The van der Waals surface area contributed by atoms with Crippen molar-refractivity contribution in [1.82, 2.24) is 0 Å². The van der Waals surface area contributed by atoms with Gasteiger partial charge in [0, 0.05) is 0 Å². The van der Waals surface area contributed by atoms with E-state index in [1.807, 2.05) is 0 Å². The summed E-state index contributed by atoms with van der Waals surface area (Å²) in [5.41, 5.74) is 0. The van der Waals surface area contributed by atoms with Crippen molar-refractivity contribution in [3.05, 3.63) is 0 Å². The first-order valence-electron chi connectivity index (χ1n) is 1.04. The Morgan fingerprint density at radius 3 is 1.25 bits per heavy atom. The molecule has 0 aromatic heterocycles. The van der Waals surface area contributed by atoms with Crippen molar-refractivity contribution in [1.29, 1.82) is 5.26 Å². The van der Waals surface area contributed by atoms with E-state index in [0.29, 0.717) is 0 Å². The normalized spacial score (nSPS) is 7.75. The highest BCUT2D eigenvalue weighted by molar-refractivity contribution is 7.37. The summed E-state index contributed by atoms with van der Waals surface area (Å²) >= 11 is 0. The molecule has 0 spiro atoms. The number of nitriles is 1. The van der Waals surface area contributed by atoms with Crippen molar-refractivity contribution in [3.8, 4) is 6.07 Å². The van der Waals surface area contributed by atoms with Gasteiger partial charge < -0.3 is 0 Å². The molecule has 0 aliphatic heterocycles. The van der Waals surface area contributed by atoms with E-state index in [1.165, 1.54) is 0 Å². The Morgan fingerprint density at radius 1 is 1.12 bits per heavy atom. The van der Waals surface area contributed by atoms with Gasteiger partial charge in [-0.15, -0.1) is 0 Å². The summed E-state index contributed by atoms with van der Waals surface area (Å²) in [5.74, 6) is 0. The predicted molar refractivity (Wildman–Crippen MR) is 34.8 cm³/mol. The van der Waals surface area contributed by atoms with Crippen molar-refractivity contribution >= 4 is 27.0 Å². The third-order valence-electron chi connectivity index (χ3n) is 0.127. The first-order chi connectivity index (χ1) is 2.56. The van der Waals surface area contributed by atoms with E-state index in [-0.39, 0.29) is 33.1 Å². The van der Waals surface area contributed by atoms with E-state index in [2.05, 4.69) is 0 Å². The van der Waals surface area contributed by atoms with Crippen molar-refractivity contribution in [3.63, 3.8) is 0 Å². The summed E-state index contributed by atoms with van der Waals surface area (Å²) in [7, 11) is 0. The Kier molecular flexibility index (Phi) is 10.0. The number of nitrogens with zero attached hydrogens (tertiary/aromatic N) is 1. The van der Waals surface area contributed by atoms with Gasteiger partial charge in [0.25, 0.3) is 0 Å². The van der Waals surface area contributed by atoms with Crippen molar-refractivity contribution < 1.29 is 13.2 Å². The Morgan fingerprint density at radius 2 is 1.25 bits per heavy atom. The molecule has 0 radical (unpaired) electrons. The summed E-state index contributed by atoms with van der Waals surface area (Å²) in [5, 5.41) is 7.03. The van der Waals surface area contributed by atoms with E-state index in [0.717, 1.165) is 0 Å². The third-order valence-corrected chi connectivity index (χ3v) is 0.127. The van der Waals surface area contributed by atoms with Crippen molar-refractivity contribution in [2.24, 2.45) is 0 Å². The van der Waals surface area contributed by atoms with Gasteiger partial charge in [-0.2, -0.15) is 18.4 Å². The number of alkyl halides is 3. The minimum Gasteiger partial charge on any atom is -0.188 e. The zero-order chi connectivity index (χ0) is 5.21. The molecule has 50 valence electrons. The average Bonchev–Trinajstić information content (AvgIpc) is 1.35. The largest absolute Gasteiger partial charge is 0.483 e. The Hall–Kier alpha value is -0.0200.